The van der Waals surface area contributed by atoms with E-state index in [1.165, 1.54) is 6.92 Å². The molecule has 0 bridgehead atoms. The van der Waals surface area contributed by atoms with E-state index in [1.54, 1.807) is 30.5 Å². The molecule has 1 aliphatic carbocycles. The number of hydrogen-bond acceptors (Lipinski definition) is 6. The van der Waals surface area contributed by atoms with Gasteiger partial charge in [-0.15, -0.1) is 0 Å². The molecule has 4 rings (SSSR count). The van der Waals surface area contributed by atoms with Crippen LogP contribution in [0.1, 0.15) is 44.6 Å². The molecular formula is C25H29ClN2O5. The van der Waals surface area contributed by atoms with Crippen molar-refractivity contribution in [2.45, 2.75) is 50.9 Å². The number of hydrogen-bond donors (Lipinski definition) is 1. The van der Waals surface area contributed by atoms with Crippen molar-refractivity contribution in [3.8, 4) is 17.4 Å². The minimum Gasteiger partial charge on any atom is -0.491 e. The van der Waals surface area contributed by atoms with Crippen LogP contribution in [0.3, 0.4) is 0 Å². The lowest BCUT2D eigenvalue weighted by Gasteiger charge is -2.22. The average Bonchev–Trinajstić information content (AvgIpc) is 3.57. The first-order chi connectivity index (χ1) is 16.0. The number of halogens is 1. The summed E-state index contributed by atoms with van der Waals surface area (Å²) in [6.07, 6.45) is 10.7. The number of nitrogens with zero attached hydrogens (tertiary/aromatic N) is 1. The van der Waals surface area contributed by atoms with Crippen molar-refractivity contribution in [2.24, 2.45) is 0 Å². The van der Waals surface area contributed by atoms with Gasteiger partial charge in [-0.25, -0.2) is 4.98 Å². The Morgan fingerprint density at radius 2 is 2.15 bits per heavy atom. The molecule has 1 N–H and O–H groups in total. The Balaban J connectivity index is 1.25. The lowest BCUT2D eigenvalue weighted by Crippen LogP contribution is -2.33. The highest BCUT2D eigenvalue weighted by molar-refractivity contribution is 6.32. The first-order valence-electron chi connectivity index (χ1n) is 11.3. The molecule has 0 radical (unpaired) electrons. The van der Waals surface area contributed by atoms with Gasteiger partial charge in [-0.05, 0) is 55.9 Å². The maximum absolute atomic E-state index is 11.3. The van der Waals surface area contributed by atoms with Crippen LogP contribution in [-0.2, 0) is 14.3 Å². The monoisotopic (exact) mass is 472 g/mol. The predicted octanol–water partition coefficient (Wildman–Crippen LogP) is 5.13. The van der Waals surface area contributed by atoms with Crippen molar-refractivity contribution in [1.82, 2.24) is 10.3 Å². The zero-order valence-electron chi connectivity index (χ0n) is 18.7. The summed E-state index contributed by atoms with van der Waals surface area (Å²) in [6, 6.07) is 8.95. The lowest BCUT2D eigenvalue weighted by atomic mass is 10.2. The second-order valence-electron chi connectivity index (χ2n) is 8.31. The van der Waals surface area contributed by atoms with Crippen molar-refractivity contribution in [3.05, 3.63) is 53.2 Å². The largest absolute Gasteiger partial charge is 0.491 e. The van der Waals surface area contributed by atoms with E-state index in [0.717, 1.165) is 44.3 Å². The highest BCUT2D eigenvalue weighted by Crippen LogP contribution is 2.37. The standard InChI is InChI=1S/C25H29ClN2O5/c1-18(29)28-25(11-12-25)10-9-19-5-8-23(27-17-19)33-22-7-6-20(16-21(22)26)30-14-15-32-24-4-2-3-13-31-24/h5-10,16-17,24H,2-4,11-15H2,1H3,(H,28,29)/b10-9+. The Labute approximate surface area is 199 Å². The summed E-state index contributed by atoms with van der Waals surface area (Å²) in [4.78, 5) is 15.6. The maximum atomic E-state index is 11.3. The summed E-state index contributed by atoms with van der Waals surface area (Å²) >= 11 is 6.36. The Kier molecular flexibility index (Phi) is 7.85. The van der Waals surface area contributed by atoms with Gasteiger partial charge >= 0.3 is 0 Å². The van der Waals surface area contributed by atoms with Crippen LogP contribution in [0.25, 0.3) is 6.08 Å². The van der Waals surface area contributed by atoms with Crippen LogP contribution >= 0.6 is 11.6 Å². The van der Waals surface area contributed by atoms with Gasteiger partial charge in [-0.3, -0.25) is 4.79 Å². The number of amides is 1. The van der Waals surface area contributed by atoms with E-state index >= 15 is 0 Å². The minimum atomic E-state index is -0.200. The fourth-order valence-electron chi connectivity index (χ4n) is 3.57. The van der Waals surface area contributed by atoms with Gasteiger partial charge in [0.25, 0.3) is 0 Å². The summed E-state index contributed by atoms with van der Waals surface area (Å²) < 4.78 is 22.7. The molecule has 2 aliphatic rings. The Morgan fingerprint density at radius 1 is 1.27 bits per heavy atom. The molecule has 1 atom stereocenters. The van der Waals surface area contributed by atoms with Gasteiger partial charge in [-0.2, -0.15) is 0 Å². The van der Waals surface area contributed by atoms with Gasteiger partial charge in [0.15, 0.2) is 6.29 Å². The van der Waals surface area contributed by atoms with Gasteiger partial charge in [0.2, 0.25) is 11.8 Å². The molecule has 2 heterocycles. The van der Waals surface area contributed by atoms with Crippen molar-refractivity contribution in [3.63, 3.8) is 0 Å². The Hall–Kier alpha value is -2.61. The van der Waals surface area contributed by atoms with E-state index in [1.807, 2.05) is 18.2 Å². The summed E-state index contributed by atoms with van der Waals surface area (Å²) in [5.74, 6) is 1.55. The van der Waals surface area contributed by atoms with Crippen molar-refractivity contribution in [1.29, 1.82) is 0 Å². The smallest absolute Gasteiger partial charge is 0.219 e. The molecule has 1 aromatic heterocycles. The minimum absolute atomic E-state index is 0.0188. The number of nitrogens with one attached hydrogen (secondary N) is 1. The zero-order chi connectivity index (χ0) is 23.1. The molecule has 2 fully saturated rings. The summed E-state index contributed by atoms with van der Waals surface area (Å²) in [6.45, 7) is 3.16. The van der Waals surface area contributed by atoms with Crippen molar-refractivity contribution < 1.29 is 23.7 Å². The molecule has 1 amide bonds. The first-order valence-corrected chi connectivity index (χ1v) is 11.7. The summed E-state index contributed by atoms with van der Waals surface area (Å²) in [7, 11) is 0. The third-order valence-electron chi connectivity index (χ3n) is 5.48. The first kappa shape index (κ1) is 23.5. The maximum Gasteiger partial charge on any atom is 0.219 e. The molecule has 1 saturated carbocycles. The highest BCUT2D eigenvalue weighted by atomic mass is 35.5. The van der Waals surface area contributed by atoms with Crippen LogP contribution in [0.4, 0.5) is 0 Å². The molecule has 7 nitrogen and oxygen atoms in total. The van der Waals surface area contributed by atoms with Crippen LogP contribution in [0.15, 0.2) is 42.6 Å². The molecule has 1 aromatic carbocycles. The van der Waals surface area contributed by atoms with E-state index in [4.69, 9.17) is 30.5 Å². The number of benzene rings is 1. The fourth-order valence-corrected chi connectivity index (χ4v) is 3.78. The van der Waals surface area contributed by atoms with Gasteiger partial charge in [0.1, 0.15) is 18.1 Å². The predicted molar refractivity (Wildman–Crippen MR) is 126 cm³/mol. The third kappa shape index (κ3) is 7.19. The molecule has 0 spiro atoms. The SMILES string of the molecule is CC(=O)NC1(/C=C/c2ccc(Oc3ccc(OCCOC4CCCCO4)cc3Cl)nc2)CC1. The topological polar surface area (TPSA) is 78.9 Å². The van der Waals surface area contributed by atoms with Crippen molar-refractivity contribution in [2.75, 3.05) is 19.8 Å². The van der Waals surface area contributed by atoms with Crippen LogP contribution in [0.2, 0.25) is 5.02 Å². The Bertz CT molecular complexity index is 969. The van der Waals surface area contributed by atoms with E-state index in [9.17, 15) is 4.79 Å². The normalized spacial score (nSPS) is 19.3. The number of rotatable bonds is 10. The van der Waals surface area contributed by atoms with Crippen molar-refractivity contribution >= 4 is 23.6 Å². The second-order valence-corrected chi connectivity index (χ2v) is 8.72. The number of ether oxygens (including phenoxy) is 4. The van der Waals surface area contributed by atoms with Gasteiger partial charge in [0, 0.05) is 31.9 Å². The molecule has 8 heteroatoms. The molecule has 1 saturated heterocycles. The molecule has 176 valence electrons. The van der Waals surface area contributed by atoms with Gasteiger partial charge in [-0.1, -0.05) is 23.8 Å². The second kappa shape index (κ2) is 11.0. The quantitative estimate of drug-likeness (QED) is 0.483. The lowest BCUT2D eigenvalue weighted by molar-refractivity contribution is -0.165. The van der Waals surface area contributed by atoms with Crippen LogP contribution in [0, 0.1) is 0 Å². The van der Waals surface area contributed by atoms with Gasteiger partial charge in [0.05, 0.1) is 17.2 Å². The number of pyridine rings is 1. The number of carbonyl (C=O) groups excluding carboxylic acids is 1. The highest BCUT2D eigenvalue weighted by Gasteiger charge is 2.40. The van der Waals surface area contributed by atoms with E-state index in [2.05, 4.69) is 10.3 Å². The Morgan fingerprint density at radius 3 is 2.82 bits per heavy atom. The van der Waals surface area contributed by atoms with Crippen LogP contribution < -0.4 is 14.8 Å². The summed E-state index contributed by atoms with van der Waals surface area (Å²) in [5.41, 5.74) is 0.725. The van der Waals surface area contributed by atoms with Crippen LogP contribution in [0.5, 0.6) is 17.4 Å². The van der Waals surface area contributed by atoms with Gasteiger partial charge < -0.3 is 24.3 Å². The average molecular weight is 473 g/mol. The van der Waals surface area contributed by atoms with E-state index in [-0.39, 0.29) is 17.7 Å². The fraction of sp³-hybridized carbons (Fsp3) is 0.440. The zero-order valence-corrected chi connectivity index (χ0v) is 19.5. The number of carbonyl (C=O) groups is 1. The van der Waals surface area contributed by atoms with E-state index < -0.39 is 0 Å². The molecule has 1 unspecified atom stereocenters. The van der Waals surface area contributed by atoms with E-state index in [0.29, 0.717) is 35.6 Å². The molecule has 1 aliphatic heterocycles. The molecule has 2 aromatic rings. The molecular weight excluding hydrogens is 444 g/mol. The number of aromatic nitrogens is 1. The molecule has 33 heavy (non-hydrogen) atoms. The van der Waals surface area contributed by atoms with Crippen LogP contribution in [-0.4, -0.2) is 42.5 Å². The third-order valence-corrected chi connectivity index (χ3v) is 5.77. The summed E-state index contributed by atoms with van der Waals surface area (Å²) in [5, 5.41) is 3.41.